The molecule has 1 aliphatic rings. The van der Waals surface area contributed by atoms with E-state index in [0.717, 1.165) is 12.4 Å². The van der Waals surface area contributed by atoms with Gasteiger partial charge in [-0.05, 0) is 30.7 Å². The maximum absolute atomic E-state index is 5.77. The Bertz CT molecular complexity index is 435. The Morgan fingerprint density at radius 1 is 1.26 bits per heavy atom. The van der Waals surface area contributed by atoms with E-state index in [1.807, 2.05) is 0 Å². The van der Waals surface area contributed by atoms with Crippen LogP contribution in [0.1, 0.15) is 57.7 Å². The zero-order valence-electron chi connectivity index (χ0n) is 12.9. The smallest absolute Gasteiger partial charge is 0.123 e. The second-order valence-electron chi connectivity index (χ2n) is 6.27. The van der Waals surface area contributed by atoms with Crippen LogP contribution in [-0.2, 0) is 5.41 Å². The van der Waals surface area contributed by atoms with Crippen molar-refractivity contribution in [2.24, 2.45) is 5.92 Å². The van der Waals surface area contributed by atoms with E-state index in [-0.39, 0.29) is 5.41 Å². The van der Waals surface area contributed by atoms with Crippen LogP contribution in [0.3, 0.4) is 0 Å². The average Bonchev–Trinajstić information content (AvgIpc) is 2.71. The first-order valence-corrected chi connectivity index (χ1v) is 7.48. The SMILES string of the molecule is CCC(CC)C(NC)c1ccc2c(c1)C(C)(C)CO2. The van der Waals surface area contributed by atoms with Crippen LogP contribution in [0.2, 0.25) is 0 Å². The van der Waals surface area contributed by atoms with Crippen molar-refractivity contribution in [3.05, 3.63) is 29.3 Å². The van der Waals surface area contributed by atoms with Crippen LogP contribution in [0.5, 0.6) is 5.75 Å². The predicted octanol–water partition coefficient (Wildman–Crippen LogP) is 4.05. The van der Waals surface area contributed by atoms with Crippen LogP contribution in [-0.4, -0.2) is 13.7 Å². The van der Waals surface area contributed by atoms with E-state index < -0.39 is 0 Å². The molecule has 0 radical (unpaired) electrons. The number of benzene rings is 1. The molecule has 0 bridgehead atoms. The van der Waals surface area contributed by atoms with E-state index >= 15 is 0 Å². The highest BCUT2D eigenvalue weighted by atomic mass is 16.5. The standard InChI is InChI=1S/C17H27NO/c1-6-12(7-2)16(18-5)13-8-9-15-14(10-13)17(3,4)11-19-15/h8-10,12,16,18H,6-7,11H2,1-5H3. The van der Waals surface area contributed by atoms with Gasteiger partial charge in [0.05, 0.1) is 6.61 Å². The molecule has 106 valence electrons. The highest BCUT2D eigenvalue weighted by Crippen LogP contribution is 2.40. The summed E-state index contributed by atoms with van der Waals surface area (Å²) in [5.74, 6) is 1.75. The summed E-state index contributed by atoms with van der Waals surface area (Å²) in [5, 5.41) is 3.50. The maximum Gasteiger partial charge on any atom is 0.123 e. The molecule has 0 spiro atoms. The number of ether oxygens (including phenoxy) is 1. The van der Waals surface area contributed by atoms with Gasteiger partial charge >= 0.3 is 0 Å². The minimum atomic E-state index is 0.136. The summed E-state index contributed by atoms with van der Waals surface area (Å²) in [7, 11) is 2.07. The molecule has 1 heterocycles. The van der Waals surface area contributed by atoms with Gasteiger partial charge in [-0.25, -0.2) is 0 Å². The summed E-state index contributed by atoms with van der Waals surface area (Å²) < 4.78 is 5.77. The van der Waals surface area contributed by atoms with Crippen molar-refractivity contribution in [2.45, 2.75) is 52.0 Å². The molecule has 1 N–H and O–H groups in total. The number of hydrogen-bond acceptors (Lipinski definition) is 2. The summed E-state index contributed by atoms with van der Waals surface area (Å²) in [4.78, 5) is 0. The Kier molecular flexibility index (Phi) is 4.19. The minimum Gasteiger partial charge on any atom is -0.492 e. The van der Waals surface area contributed by atoms with Gasteiger partial charge in [0.2, 0.25) is 0 Å². The van der Waals surface area contributed by atoms with Crippen LogP contribution >= 0.6 is 0 Å². The summed E-state index contributed by atoms with van der Waals surface area (Å²) >= 11 is 0. The lowest BCUT2D eigenvalue weighted by molar-refractivity contribution is 0.291. The molecule has 1 aromatic rings. The van der Waals surface area contributed by atoms with Gasteiger partial charge < -0.3 is 10.1 Å². The van der Waals surface area contributed by atoms with Crippen molar-refractivity contribution in [1.29, 1.82) is 0 Å². The summed E-state index contributed by atoms with van der Waals surface area (Å²) in [6.07, 6.45) is 2.41. The minimum absolute atomic E-state index is 0.136. The van der Waals surface area contributed by atoms with E-state index in [2.05, 4.69) is 58.3 Å². The summed E-state index contributed by atoms with van der Waals surface area (Å²) in [5.41, 5.74) is 2.89. The Morgan fingerprint density at radius 3 is 2.53 bits per heavy atom. The van der Waals surface area contributed by atoms with Crippen molar-refractivity contribution in [3.8, 4) is 5.75 Å². The van der Waals surface area contributed by atoms with Gasteiger partial charge in [0.1, 0.15) is 5.75 Å². The normalized spacial score (nSPS) is 18.2. The topological polar surface area (TPSA) is 21.3 Å². The third-order valence-corrected chi connectivity index (χ3v) is 4.51. The van der Waals surface area contributed by atoms with E-state index in [1.165, 1.54) is 24.0 Å². The highest BCUT2D eigenvalue weighted by molar-refractivity contribution is 5.46. The van der Waals surface area contributed by atoms with E-state index in [4.69, 9.17) is 4.74 Å². The molecule has 0 fully saturated rings. The lowest BCUT2D eigenvalue weighted by Crippen LogP contribution is -2.25. The van der Waals surface area contributed by atoms with E-state index in [9.17, 15) is 0 Å². The first kappa shape index (κ1) is 14.4. The fraction of sp³-hybridized carbons (Fsp3) is 0.647. The Morgan fingerprint density at radius 2 is 1.95 bits per heavy atom. The monoisotopic (exact) mass is 261 g/mol. The maximum atomic E-state index is 5.77. The third kappa shape index (κ3) is 2.64. The fourth-order valence-electron chi connectivity index (χ4n) is 3.17. The lowest BCUT2D eigenvalue weighted by atomic mass is 9.83. The van der Waals surface area contributed by atoms with Gasteiger partial charge in [0.15, 0.2) is 0 Å². The first-order chi connectivity index (χ1) is 9.03. The van der Waals surface area contributed by atoms with Gasteiger partial charge in [-0.1, -0.05) is 46.6 Å². The zero-order valence-corrected chi connectivity index (χ0v) is 12.9. The molecular formula is C17H27NO. The molecule has 0 saturated carbocycles. The summed E-state index contributed by atoms with van der Waals surface area (Å²) in [6.45, 7) is 9.86. The second-order valence-corrected chi connectivity index (χ2v) is 6.27. The molecule has 1 aromatic carbocycles. The van der Waals surface area contributed by atoms with Crippen molar-refractivity contribution >= 4 is 0 Å². The van der Waals surface area contributed by atoms with Crippen LogP contribution in [0.25, 0.3) is 0 Å². The fourth-order valence-corrected chi connectivity index (χ4v) is 3.17. The molecular weight excluding hydrogens is 234 g/mol. The van der Waals surface area contributed by atoms with Crippen molar-refractivity contribution in [3.63, 3.8) is 0 Å². The number of fused-ring (bicyclic) bond motifs is 1. The molecule has 19 heavy (non-hydrogen) atoms. The van der Waals surface area contributed by atoms with Crippen LogP contribution in [0, 0.1) is 5.92 Å². The van der Waals surface area contributed by atoms with Gasteiger partial charge in [0, 0.05) is 17.0 Å². The average molecular weight is 261 g/mol. The molecule has 2 nitrogen and oxygen atoms in total. The Labute approximate surface area is 117 Å². The summed E-state index contributed by atoms with van der Waals surface area (Å²) in [6, 6.07) is 7.16. The molecule has 0 saturated heterocycles. The van der Waals surface area contributed by atoms with Crippen LogP contribution in [0.15, 0.2) is 18.2 Å². The van der Waals surface area contributed by atoms with Gasteiger partial charge in [-0.2, -0.15) is 0 Å². The van der Waals surface area contributed by atoms with Crippen LogP contribution in [0.4, 0.5) is 0 Å². The largest absolute Gasteiger partial charge is 0.492 e. The Balaban J connectivity index is 2.35. The number of rotatable bonds is 5. The zero-order chi connectivity index (χ0) is 14.0. The van der Waals surface area contributed by atoms with Gasteiger partial charge in [-0.3, -0.25) is 0 Å². The van der Waals surface area contributed by atoms with Crippen molar-refractivity contribution in [2.75, 3.05) is 13.7 Å². The molecule has 2 heteroatoms. The van der Waals surface area contributed by atoms with Crippen molar-refractivity contribution in [1.82, 2.24) is 5.32 Å². The number of hydrogen-bond donors (Lipinski definition) is 1. The molecule has 2 rings (SSSR count). The second kappa shape index (κ2) is 5.54. The first-order valence-electron chi connectivity index (χ1n) is 7.48. The van der Waals surface area contributed by atoms with Crippen molar-refractivity contribution < 1.29 is 4.74 Å². The van der Waals surface area contributed by atoms with E-state index in [0.29, 0.717) is 12.0 Å². The van der Waals surface area contributed by atoms with Crippen LogP contribution < -0.4 is 10.1 Å². The predicted molar refractivity (Wildman–Crippen MR) is 80.8 cm³/mol. The molecule has 0 amide bonds. The Hall–Kier alpha value is -1.02. The lowest BCUT2D eigenvalue weighted by Gasteiger charge is -2.26. The quantitative estimate of drug-likeness (QED) is 0.863. The molecule has 1 atom stereocenters. The van der Waals surface area contributed by atoms with Gasteiger partial charge in [-0.15, -0.1) is 0 Å². The van der Waals surface area contributed by atoms with E-state index in [1.54, 1.807) is 0 Å². The van der Waals surface area contributed by atoms with Gasteiger partial charge in [0.25, 0.3) is 0 Å². The highest BCUT2D eigenvalue weighted by Gasteiger charge is 2.32. The number of nitrogens with one attached hydrogen (secondary N) is 1. The molecule has 0 aromatic heterocycles. The third-order valence-electron chi connectivity index (χ3n) is 4.51. The molecule has 1 unspecified atom stereocenters. The molecule has 1 aliphatic heterocycles. The molecule has 0 aliphatic carbocycles.